The lowest BCUT2D eigenvalue weighted by Gasteiger charge is -2.30. The third-order valence-corrected chi connectivity index (χ3v) is 4.86. The molecule has 2 unspecified atom stereocenters. The Morgan fingerprint density at radius 3 is 2.78 bits per heavy atom. The van der Waals surface area contributed by atoms with Crippen molar-refractivity contribution in [3.63, 3.8) is 0 Å². The fraction of sp³-hybridized carbons (Fsp3) is 0.667. The van der Waals surface area contributed by atoms with E-state index in [1.807, 2.05) is 0 Å². The Hall–Kier alpha value is 0.1000. The van der Waals surface area contributed by atoms with Crippen LogP contribution in [0.15, 0.2) is 6.07 Å². The van der Waals surface area contributed by atoms with Crippen molar-refractivity contribution in [2.45, 2.75) is 44.1 Å². The van der Waals surface area contributed by atoms with Crippen LogP contribution in [-0.4, -0.2) is 11.0 Å². The van der Waals surface area contributed by atoms with Crippen LogP contribution < -0.4 is 0 Å². The van der Waals surface area contributed by atoms with Gasteiger partial charge in [-0.3, -0.25) is 0 Å². The quantitative estimate of drug-likeness (QED) is 0.802. The molecule has 0 spiro atoms. The molecule has 18 heavy (non-hydrogen) atoms. The molecular formula is C12H14Cl2F2OS. The highest BCUT2D eigenvalue weighted by Crippen LogP contribution is 2.42. The second-order valence-corrected chi connectivity index (χ2v) is 7.13. The summed E-state index contributed by atoms with van der Waals surface area (Å²) in [5.74, 6) is -2.74. The predicted molar refractivity (Wildman–Crippen MR) is 70.8 cm³/mol. The van der Waals surface area contributed by atoms with Crippen LogP contribution in [0.2, 0.25) is 8.67 Å². The Balaban J connectivity index is 1.99. The zero-order valence-electron chi connectivity index (χ0n) is 9.63. The van der Waals surface area contributed by atoms with Gasteiger partial charge in [0.2, 0.25) is 5.92 Å². The van der Waals surface area contributed by atoms with Gasteiger partial charge in [-0.25, -0.2) is 8.78 Å². The molecular weight excluding hydrogens is 301 g/mol. The molecule has 0 radical (unpaired) electrons. The molecule has 0 bridgehead atoms. The molecule has 0 amide bonds. The molecule has 1 fully saturated rings. The van der Waals surface area contributed by atoms with Crippen molar-refractivity contribution < 1.29 is 13.9 Å². The number of alkyl halides is 2. The maximum absolute atomic E-state index is 13.3. The molecule has 1 heterocycles. The third-order valence-electron chi connectivity index (χ3n) is 3.34. The summed E-state index contributed by atoms with van der Waals surface area (Å²) in [5.41, 5.74) is 0.556. The van der Waals surface area contributed by atoms with Crippen molar-refractivity contribution >= 4 is 34.5 Å². The Morgan fingerprint density at radius 2 is 2.22 bits per heavy atom. The number of aliphatic hydroxyl groups is 1. The monoisotopic (exact) mass is 314 g/mol. The fourth-order valence-corrected chi connectivity index (χ4v) is 4.07. The maximum atomic E-state index is 13.3. The summed E-state index contributed by atoms with van der Waals surface area (Å²) >= 11 is 12.9. The van der Waals surface area contributed by atoms with E-state index in [1.54, 1.807) is 6.07 Å². The van der Waals surface area contributed by atoms with Gasteiger partial charge in [-0.15, -0.1) is 11.3 Å². The lowest BCUT2D eigenvalue weighted by Crippen LogP contribution is -2.27. The van der Waals surface area contributed by atoms with Crippen LogP contribution >= 0.6 is 34.5 Å². The van der Waals surface area contributed by atoms with Gasteiger partial charge in [0.15, 0.2) is 0 Å². The van der Waals surface area contributed by atoms with Crippen LogP contribution in [0.3, 0.4) is 0 Å². The Kier molecular flexibility index (Phi) is 4.52. The highest BCUT2D eigenvalue weighted by atomic mass is 35.5. The number of thiophene rings is 1. The highest BCUT2D eigenvalue weighted by molar-refractivity contribution is 7.20. The van der Waals surface area contributed by atoms with E-state index in [0.717, 1.165) is 6.42 Å². The molecule has 2 rings (SSSR count). The van der Waals surface area contributed by atoms with Crippen LogP contribution in [0.5, 0.6) is 0 Å². The largest absolute Gasteiger partial charge is 0.388 e. The summed E-state index contributed by atoms with van der Waals surface area (Å²) in [4.78, 5) is 0. The number of aliphatic hydroxyl groups excluding tert-OH is 1. The van der Waals surface area contributed by atoms with Crippen LogP contribution in [-0.2, 0) is 0 Å². The van der Waals surface area contributed by atoms with E-state index < -0.39 is 12.0 Å². The standard InChI is InChI=1S/C12H14Cl2F2OS/c13-10-5-8(11(14)18-10)9(17)4-7-2-1-3-12(15,16)6-7/h5,7,9,17H,1-4,6H2. The van der Waals surface area contributed by atoms with Gasteiger partial charge in [-0.05, 0) is 31.2 Å². The molecule has 1 aliphatic rings. The van der Waals surface area contributed by atoms with Gasteiger partial charge in [-0.2, -0.15) is 0 Å². The molecule has 1 N–H and O–H groups in total. The van der Waals surface area contributed by atoms with Crippen molar-refractivity contribution in [3.05, 3.63) is 20.3 Å². The van der Waals surface area contributed by atoms with Crippen molar-refractivity contribution in [2.75, 3.05) is 0 Å². The first-order valence-corrected chi connectivity index (χ1v) is 7.45. The van der Waals surface area contributed by atoms with Crippen LogP contribution in [0, 0.1) is 5.92 Å². The minimum atomic E-state index is -2.58. The zero-order chi connectivity index (χ0) is 13.3. The SMILES string of the molecule is OC(CC1CCCC(F)(F)C1)c1cc(Cl)sc1Cl. The molecule has 1 saturated carbocycles. The topological polar surface area (TPSA) is 20.2 Å². The third kappa shape index (κ3) is 3.56. The smallest absolute Gasteiger partial charge is 0.248 e. The molecule has 0 saturated heterocycles. The van der Waals surface area contributed by atoms with Crippen molar-refractivity contribution in [3.8, 4) is 0 Å². The molecule has 0 aliphatic heterocycles. The lowest BCUT2D eigenvalue weighted by molar-refractivity contribution is -0.0590. The van der Waals surface area contributed by atoms with Gasteiger partial charge in [0, 0.05) is 18.4 Å². The molecule has 6 heteroatoms. The first-order valence-electron chi connectivity index (χ1n) is 5.88. The molecule has 2 atom stereocenters. The maximum Gasteiger partial charge on any atom is 0.248 e. The fourth-order valence-electron chi connectivity index (χ4n) is 2.50. The van der Waals surface area contributed by atoms with E-state index in [2.05, 4.69) is 0 Å². The summed E-state index contributed by atoms with van der Waals surface area (Å²) in [5, 5.41) is 10.1. The summed E-state index contributed by atoms with van der Waals surface area (Å²) in [6, 6.07) is 1.61. The number of rotatable bonds is 3. The molecule has 1 nitrogen and oxygen atoms in total. The predicted octanol–water partition coefficient (Wildman–Crippen LogP) is 5.30. The number of halogens is 4. The average Bonchev–Trinajstić information content (AvgIpc) is 2.56. The Bertz CT molecular complexity index is 422. The molecule has 1 aliphatic carbocycles. The summed E-state index contributed by atoms with van der Waals surface area (Å²) < 4.78 is 27.5. The van der Waals surface area contributed by atoms with Crippen molar-refractivity contribution in [2.24, 2.45) is 5.92 Å². The zero-order valence-corrected chi connectivity index (χ0v) is 12.0. The second kappa shape index (κ2) is 5.61. The second-order valence-electron chi connectivity index (χ2n) is 4.85. The highest BCUT2D eigenvalue weighted by Gasteiger charge is 2.37. The van der Waals surface area contributed by atoms with Crippen LogP contribution in [0.1, 0.15) is 43.8 Å². The first kappa shape index (κ1) is 14.5. The summed E-state index contributed by atoms with van der Waals surface area (Å²) in [6.45, 7) is 0. The molecule has 1 aromatic rings. The average molecular weight is 315 g/mol. The van der Waals surface area contributed by atoms with Crippen molar-refractivity contribution in [1.29, 1.82) is 0 Å². The van der Waals surface area contributed by atoms with E-state index in [1.165, 1.54) is 11.3 Å². The van der Waals surface area contributed by atoms with Crippen molar-refractivity contribution in [1.82, 2.24) is 0 Å². The van der Waals surface area contributed by atoms with E-state index in [-0.39, 0.29) is 18.8 Å². The van der Waals surface area contributed by atoms with E-state index in [0.29, 0.717) is 27.1 Å². The van der Waals surface area contributed by atoms with Gasteiger partial charge < -0.3 is 5.11 Å². The molecule has 102 valence electrons. The summed E-state index contributed by atoms with van der Waals surface area (Å²) in [7, 11) is 0. The van der Waals surface area contributed by atoms with Gasteiger partial charge in [0.1, 0.15) is 4.34 Å². The minimum absolute atomic E-state index is 0.0371. The summed E-state index contributed by atoms with van der Waals surface area (Å²) in [6.07, 6.45) is 0.595. The van der Waals surface area contributed by atoms with E-state index in [4.69, 9.17) is 23.2 Å². The lowest BCUT2D eigenvalue weighted by atomic mass is 9.82. The van der Waals surface area contributed by atoms with Gasteiger partial charge >= 0.3 is 0 Å². The van der Waals surface area contributed by atoms with Gasteiger partial charge in [0.25, 0.3) is 0 Å². The Morgan fingerprint density at radius 1 is 1.50 bits per heavy atom. The molecule has 1 aromatic heterocycles. The minimum Gasteiger partial charge on any atom is -0.388 e. The van der Waals surface area contributed by atoms with Gasteiger partial charge in [-0.1, -0.05) is 23.2 Å². The van der Waals surface area contributed by atoms with E-state index >= 15 is 0 Å². The Labute approximate surface area is 119 Å². The number of hydrogen-bond donors (Lipinski definition) is 1. The van der Waals surface area contributed by atoms with Crippen LogP contribution in [0.25, 0.3) is 0 Å². The molecule has 0 aromatic carbocycles. The van der Waals surface area contributed by atoms with Crippen LogP contribution in [0.4, 0.5) is 8.78 Å². The normalized spacial score (nSPS) is 25.1. The first-order chi connectivity index (χ1) is 8.37. The number of hydrogen-bond acceptors (Lipinski definition) is 2. The van der Waals surface area contributed by atoms with Gasteiger partial charge in [0.05, 0.1) is 10.4 Å². The van der Waals surface area contributed by atoms with E-state index in [9.17, 15) is 13.9 Å².